The number of ether oxygens (including phenoxy) is 1. The first-order valence-corrected chi connectivity index (χ1v) is 11.2. The number of hydrogen-bond donors (Lipinski definition) is 1. The van der Waals surface area contributed by atoms with E-state index in [9.17, 15) is 13.2 Å². The van der Waals surface area contributed by atoms with Crippen molar-refractivity contribution in [2.75, 3.05) is 39.3 Å². The SMILES string of the molecule is CC(C)S(=O)(=O)NCCN1CCCC(C2CN(C(=O)OC(C)(C)C)C2)C1. The van der Waals surface area contributed by atoms with Crippen LogP contribution in [-0.2, 0) is 14.8 Å². The molecule has 0 aromatic carbocycles. The van der Waals surface area contributed by atoms with E-state index < -0.39 is 20.9 Å². The molecular formula is C18H35N3O4S. The maximum Gasteiger partial charge on any atom is 0.410 e. The molecule has 2 aliphatic rings. The Hall–Kier alpha value is -0.860. The number of nitrogens with one attached hydrogen (secondary N) is 1. The third kappa shape index (κ3) is 6.09. The number of carbonyl (C=O) groups excluding carboxylic acids is 1. The minimum Gasteiger partial charge on any atom is -0.444 e. The van der Waals surface area contributed by atoms with Crippen LogP contribution in [-0.4, -0.2) is 74.4 Å². The predicted molar refractivity (Wildman–Crippen MR) is 103 cm³/mol. The van der Waals surface area contributed by atoms with Crippen LogP contribution >= 0.6 is 0 Å². The molecule has 0 aliphatic carbocycles. The normalized spacial score (nSPS) is 23.2. The number of rotatable bonds is 6. The smallest absolute Gasteiger partial charge is 0.410 e. The van der Waals surface area contributed by atoms with Gasteiger partial charge in [-0.3, -0.25) is 0 Å². The summed E-state index contributed by atoms with van der Waals surface area (Å²) in [4.78, 5) is 16.2. The third-order valence-corrected chi connectivity index (χ3v) is 6.97. The fourth-order valence-corrected chi connectivity index (χ4v) is 4.19. The predicted octanol–water partition coefficient (Wildman–Crippen LogP) is 1.89. The van der Waals surface area contributed by atoms with Crippen LogP contribution in [0.15, 0.2) is 0 Å². The molecule has 0 radical (unpaired) electrons. The van der Waals surface area contributed by atoms with Crippen LogP contribution < -0.4 is 4.72 Å². The highest BCUT2D eigenvalue weighted by atomic mass is 32.2. The van der Waals surface area contributed by atoms with Crippen LogP contribution in [0.5, 0.6) is 0 Å². The Morgan fingerprint density at radius 3 is 2.42 bits per heavy atom. The number of nitrogens with zero attached hydrogens (tertiary/aromatic N) is 2. The van der Waals surface area contributed by atoms with Gasteiger partial charge >= 0.3 is 6.09 Å². The summed E-state index contributed by atoms with van der Waals surface area (Å²) in [5.74, 6) is 1.10. The second-order valence-electron chi connectivity index (χ2n) is 8.84. The monoisotopic (exact) mass is 389 g/mol. The highest BCUT2D eigenvalue weighted by Crippen LogP contribution is 2.31. The minimum absolute atomic E-state index is 0.218. The van der Waals surface area contributed by atoms with E-state index >= 15 is 0 Å². The second kappa shape index (κ2) is 8.44. The van der Waals surface area contributed by atoms with Gasteiger partial charge in [-0.2, -0.15) is 0 Å². The van der Waals surface area contributed by atoms with Gasteiger partial charge in [0, 0.05) is 32.7 Å². The van der Waals surface area contributed by atoms with Crippen molar-refractivity contribution in [3.05, 3.63) is 0 Å². The van der Waals surface area contributed by atoms with E-state index in [1.54, 1.807) is 18.7 Å². The Balaban J connectivity index is 1.72. The highest BCUT2D eigenvalue weighted by molar-refractivity contribution is 7.90. The van der Waals surface area contributed by atoms with Crippen LogP contribution in [0.25, 0.3) is 0 Å². The number of sulfonamides is 1. The zero-order valence-electron chi connectivity index (χ0n) is 16.8. The lowest BCUT2D eigenvalue weighted by molar-refractivity contribution is -0.0194. The summed E-state index contributed by atoms with van der Waals surface area (Å²) in [5.41, 5.74) is -0.451. The van der Waals surface area contributed by atoms with Crippen molar-refractivity contribution in [2.45, 2.75) is 58.3 Å². The second-order valence-corrected chi connectivity index (χ2v) is 11.2. The van der Waals surface area contributed by atoms with Crippen molar-refractivity contribution < 1.29 is 17.9 Å². The summed E-state index contributed by atoms with van der Waals surface area (Å²) in [6, 6.07) is 0. The summed E-state index contributed by atoms with van der Waals surface area (Å²) < 4.78 is 31.7. The molecule has 2 rings (SSSR count). The molecular weight excluding hydrogens is 354 g/mol. The van der Waals surface area contributed by atoms with Crippen LogP contribution in [0.4, 0.5) is 4.79 Å². The van der Waals surface area contributed by atoms with E-state index in [1.807, 2.05) is 20.8 Å². The zero-order chi connectivity index (χ0) is 19.5. The van der Waals surface area contributed by atoms with Gasteiger partial charge in [0.2, 0.25) is 10.0 Å². The number of carbonyl (C=O) groups is 1. The molecule has 8 heteroatoms. The summed E-state index contributed by atoms with van der Waals surface area (Å²) in [5, 5.41) is -0.398. The lowest BCUT2D eigenvalue weighted by atomic mass is 9.81. The first-order valence-electron chi connectivity index (χ1n) is 9.66. The maximum atomic E-state index is 12.1. The van der Waals surface area contributed by atoms with Crippen molar-refractivity contribution in [3.63, 3.8) is 0 Å². The highest BCUT2D eigenvalue weighted by Gasteiger charge is 2.39. The van der Waals surface area contributed by atoms with Crippen molar-refractivity contribution >= 4 is 16.1 Å². The van der Waals surface area contributed by atoms with Gasteiger partial charge in [0.1, 0.15) is 5.60 Å². The van der Waals surface area contributed by atoms with Gasteiger partial charge < -0.3 is 14.5 Å². The lowest BCUT2D eigenvalue weighted by Crippen LogP contribution is -2.56. The number of piperidine rings is 1. The zero-order valence-corrected chi connectivity index (χ0v) is 17.6. The molecule has 2 heterocycles. The molecule has 2 fully saturated rings. The molecule has 1 amide bonds. The molecule has 26 heavy (non-hydrogen) atoms. The van der Waals surface area contributed by atoms with Gasteiger partial charge in [0.05, 0.1) is 5.25 Å². The minimum atomic E-state index is -3.19. The third-order valence-electron chi connectivity index (χ3n) is 5.12. The first-order chi connectivity index (χ1) is 12.0. The fraction of sp³-hybridized carbons (Fsp3) is 0.944. The lowest BCUT2D eigenvalue weighted by Gasteiger charge is -2.46. The van der Waals surface area contributed by atoms with Gasteiger partial charge in [0.25, 0.3) is 0 Å². The molecule has 0 aromatic heterocycles. The standard InChI is InChI=1S/C18H35N3O4S/c1-14(2)26(23,24)19-8-10-20-9-6-7-15(11-20)16-12-21(13-16)17(22)25-18(3,4)5/h14-16,19H,6-13H2,1-5H3. The van der Waals surface area contributed by atoms with E-state index in [4.69, 9.17) is 4.74 Å². The topological polar surface area (TPSA) is 79.0 Å². The van der Waals surface area contributed by atoms with Crippen molar-refractivity contribution in [2.24, 2.45) is 11.8 Å². The first kappa shape index (κ1) is 21.4. The van der Waals surface area contributed by atoms with Crippen molar-refractivity contribution in [1.82, 2.24) is 14.5 Å². The van der Waals surface area contributed by atoms with E-state index in [0.717, 1.165) is 39.1 Å². The molecule has 2 saturated heterocycles. The van der Waals surface area contributed by atoms with Crippen molar-refractivity contribution in [3.8, 4) is 0 Å². The Morgan fingerprint density at radius 1 is 1.19 bits per heavy atom. The molecule has 152 valence electrons. The van der Waals surface area contributed by atoms with E-state index in [1.165, 1.54) is 6.42 Å². The van der Waals surface area contributed by atoms with Crippen LogP contribution in [0.2, 0.25) is 0 Å². The van der Waals surface area contributed by atoms with Gasteiger partial charge in [-0.25, -0.2) is 17.9 Å². The number of hydrogen-bond acceptors (Lipinski definition) is 5. The molecule has 0 spiro atoms. The molecule has 0 aromatic rings. The molecule has 0 saturated carbocycles. The molecule has 7 nitrogen and oxygen atoms in total. The Labute approximate surface area is 158 Å². The summed E-state index contributed by atoms with van der Waals surface area (Å²) in [6.45, 7) is 13.8. The summed E-state index contributed by atoms with van der Waals surface area (Å²) in [6.07, 6.45) is 2.09. The summed E-state index contributed by atoms with van der Waals surface area (Å²) in [7, 11) is -3.19. The average molecular weight is 390 g/mol. The number of amides is 1. The van der Waals surface area contributed by atoms with Gasteiger partial charge in [-0.1, -0.05) is 0 Å². The molecule has 2 aliphatic heterocycles. The average Bonchev–Trinajstić information content (AvgIpc) is 2.43. The van der Waals surface area contributed by atoms with Crippen LogP contribution in [0.1, 0.15) is 47.5 Å². The molecule has 0 bridgehead atoms. The van der Waals surface area contributed by atoms with Crippen LogP contribution in [0, 0.1) is 11.8 Å². The number of likely N-dealkylation sites (tertiary alicyclic amines) is 2. The van der Waals surface area contributed by atoms with Crippen LogP contribution in [0.3, 0.4) is 0 Å². The van der Waals surface area contributed by atoms with E-state index in [0.29, 0.717) is 18.4 Å². The Kier molecular flexibility index (Phi) is 6.96. The van der Waals surface area contributed by atoms with Gasteiger partial charge in [0.15, 0.2) is 0 Å². The van der Waals surface area contributed by atoms with E-state index in [2.05, 4.69) is 9.62 Å². The van der Waals surface area contributed by atoms with Crippen molar-refractivity contribution in [1.29, 1.82) is 0 Å². The van der Waals surface area contributed by atoms with E-state index in [-0.39, 0.29) is 6.09 Å². The largest absolute Gasteiger partial charge is 0.444 e. The fourth-order valence-electron chi connectivity index (χ4n) is 3.48. The van der Waals surface area contributed by atoms with Gasteiger partial charge in [-0.05, 0) is 65.8 Å². The van der Waals surface area contributed by atoms with Gasteiger partial charge in [-0.15, -0.1) is 0 Å². The Bertz CT molecular complexity index is 580. The maximum absolute atomic E-state index is 12.1. The molecule has 1 atom stereocenters. The molecule has 1 unspecified atom stereocenters. The quantitative estimate of drug-likeness (QED) is 0.750. The Morgan fingerprint density at radius 2 is 1.85 bits per heavy atom. The summed E-state index contributed by atoms with van der Waals surface area (Å²) >= 11 is 0. The molecule has 1 N–H and O–H groups in total.